The van der Waals surface area contributed by atoms with Gasteiger partial charge >= 0.3 is 6.18 Å². The maximum absolute atomic E-state index is 12.1. The molecule has 6 heteroatoms. The molecule has 0 saturated carbocycles. The lowest BCUT2D eigenvalue weighted by Gasteiger charge is -2.15. The van der Waals surface area contributed by atoms with Crippen LogP contribution in [0.1, 0.15) is 24.0 Å². The predicted octanol–water partition coefficient (Wildman–Crippen LogP) is 3.49. The Hall–Kier alpha value is -0.940. The molecule has 2 nitrogen and oxygen atoms in total. The van der Waals surface area contributed by atoms with Crippen LogP contribution in [0, 0.1) is 0 Å². The van der Waals surface area contributed by atoms with E-state index in [0.717, 1.165) is 23.3 Å². The molecule has 106 valence electrons. The number of hydrogen-bond donors (Lipinski definition) is 1. The summed E-state index contributed by atoms with van der Waals surface area (Å²) in [6.45, 7) is 0.584. The minimum Gasteiger partial charge on any atom is -0.493 e. The summed E-state index contributed by atoms with van der Waals surface area (Å²) in [6.07, 6.45) is -3.99. The molecule has 19 heavy (non-hydrogen) atoms. The molecule has 0 radical (unpaired) electrons. The van der Waals surface area contributed by atoms with Crippen LogP contribution in [0.15, 0.2) is 12.1 Å². The summed E-state index contributed by atoms with van der Waals surface area (Å²) >= 11 is 5.99. The lowest BCUT2D eigenvalue weighted by Crippen LogP contribution is -2.25. The van der Waals surface area contributed by atoms with Crippen molar-refractivity contribution in [3.63, 3.8) is 0 Å². The van der Waals surface area contributed by atoms with E-state index in [1.165, 1.54) is 0 Å². The van der Waals surface area contributed by atoms with Gasteiger partial charge in [-0.15, -0.1) is 0 Å². The van der Waals surface area contributed by atoms with Crippen molar-refractivity contribution in [3.05, 3.63) is 28.3 Å². The second-order valence-electron chi connectivity index (χ2n) is 4.77. The monoisotopic (exact) mass is 293 g/mol. The Balaban J connectivity index is 2.03. The Bertz CT molecular complexity index is 462. The van der Waals surface area contributed by atoms with Crippen molar-refractivity contribution in [3.8, 4) is 5.75 Å². The van der Waals surface area contributed by atoms with Crippen LogP contribution in [-0.4, -0.2) is 18.8 Å². The van der Waals surface area contributed by atoms with Gasteiger partial charge in [0.25, 0.3) is 0 Å². The average Bonchev–Trinajstić information content (AvgIpc) is 2.73. The van der Waals surface area contributed by atoms with Crippen molar-refractivity contribution in [2.75, 3.05) is 6.61 Å². The zero-order chi connectivity index (χ0) is 14.0. The summed E-state index contributed by atoms with van der Waals surface area (Å²) in [5.41, 5.74) is 7.56. The molecule has 0 amide bonds. The molecule has 0 aliphatic carbocycles. The minimum absolute atomic E-state index is 0.0925. The van der Waals surface area contributed by atoms with Crippen molar-refractivity contribution in [2.45, 2.75) is 37.9 Å². The predicted molar refractivity (Wildman–Crippen MR) is 67.6 cm³/mol. The SMILES string of the molecule is NC(CCC(F)(F)F)Cc1cc(Cl)cc2c1OCC2. The van der Waals surface area contributed by atoms with E-state index in [9.17, 15) is 13.2 Å². The van der Waals surface area contributed by atoms with Gasteiger partial charge in [-0.3, -0.25) is 0 Å². The minimum atomic E-state index is -4.16. The molecular weight excluding hydrogens is 279 g/mol. The van der Waals surface area contributed by atoms with E-state index in [4.69, 9.17) is 22.1 Å². The van der Waals surface area contributed by atoms with Gasteiger partial charge in [-0.05, 0) is 36.1 Å². The maximum atomic E-state index is 12.1. The van der Waals surface area contributed by atoms with Gasteiger partial charge in [-0.2, -0.15) is 13.2 Å². The summed E-state index contributed by atoms with van der Waals surface area (Å²) in [6, 6.07) is 3.00. The number of halogens is 4. The second-order valence-corrected chi connectivity index (χ2v) is 5.21. The molecule has 0 spiro atoms. The molecule has 1 unspecified atom stereocenters. The first-order valence-electron chi connectivity index (χ1n) is 6.11. The molecule has 0 fully saturated rings. The quantitative estimate of drug-likeness (QED) is 0.922. The highest BCUT2D eigenvalue weighted by atomic mass is 35.5. The molecular formula is C13H15ClF3NO. The largest absolute Gasteiger partial charge is 0.493 e. The first kappa shape index (κ1) is 14.5. The Morgan fingerprint density at radius 2 is 2.11 bits per heavy atom. The van der Waals surface area contributed by atoms with Crippen LogP contribution < -0.4 is 10.5 Å². The maximum Gasteiger partial charge on any atom is 0.389 e. The van der Waals surface area contributed by atoms with Gasteiger partial charge in [0, 0.05) is 23.9 Å². The number of nitrogens with two attached hydrogens (primary N) is 1. The van der Waals surface area contributed by atoms with Crippen LogP contribution in [0.25, 0.3) is 0 Å². The van der Waals surface area contributed by atoms with Crippen molar-refractivity contribution in [1.82, 2.24) is 0 Å². The van der Waals surface area contributed by atoms with Gasteiger partial charge in [-0.25, -0.2) is 0 Å². The average molecular weight is 294 g/mol. The third kappa shape index (κ3) is 4.01. The molecule has 1 aliphatic rings. The zero-order valence-electron chi connectivity index (χ0n) is 10.3. The fraction of sp³-hybridized carbons (Fsp3) is 0.538. The summed E-state index contributed by atoms with van der Waals surface area (Å²) in [4.78, 5) is 0. The highest BCUT2D eigenvalue weighted by Crippen LogP contribution is 2.34. The Kier molecular flexibility index (Phi) is 4.26. The number of hydrogen-bond acceptors (Lipinski definition) is 2. The lowest BCUT2D eigenvalue weighted by atomic mass is 9.99. The molecule has 1 aromatic carbocycles. The van der Waals surface area contributed by atoms with E-state index in [2.05, 4.69) is 0 Å². The molecule has 2 rings (SSSR count). The normalized spacial score (nSPS) is 16.1. The molecule has 1 atom stereocenters. The highest BCUT2D eigenvalue weighted by molar-refractivity contribution is 6.30. The number of ether oxygens (including phenoxy) is 1. The van der Waals surface area contributed by atoms with Gasteiger partial charge in [0.05, 0.1) is 6.61 Å². The third-order valence-corrected chi connectivity index (χ3v) is 3.32. The van der Waals surface area contributed by atoms with E-state index in [1.807, 2.05) is 6.07 Å². The molecule has 0 saturated heterocycles. The molecule has 0 aromatic heterocycles. The van der Waals surface area contributed by atoms with E-state index >= 15 is 0 Å². The first-order valence-corrected chi connectivity index (χ1v) is 6.49. The van der Waals surface area contributed by atoms with Crippen LogP contribution in [0.3, 0.4) is 0 Å². The Labute approximate surface area is 114 Å². The van der Waals surface area contributed by atoms with Gasteiger partial charge in [-0.1, -0.05) is 11.6 Å². The summed E-state index contributed by atoms with van der Waals surface area (Å²) in [7, 11) is 0. The van der Waals surface area contributed by atoms with Crippen LogP contribution in [0.5, 0.6) is 5.75 Å². The van der Waals surface area contributed by atoms with E-state index in [-0.39, 0.29) is 6.42 Å². The Morgan fingerprint density at radius 1 is 1.37 bits per heavy atom. The molecule has 2 N–H and O–H groups in total. The van der Waals surface area contributed by atoms with Crippen molar-refractivity contribution in [1.29, 1.82) is 0 Å². The van der Waals surface area contributed by atoms with Gasteiger partial charge < -0.3 is 10.5 Å². The first-order chi connectivity index (χ1) is 8.85. The number of benzene rings is 1. The molecule has 1 aromatic rings. The number of fused-ring (bicyclic) bond motifs is 1. The van der Waals surface area contributed by atoms with Crippen LogP contribution in [0.2, 0.25) is 5.02 Å². The van der Waals surface area contributed by atoms with Crippen LogP contribution in [0.4, 0.5) is 13.2 Å². The van der Waals surface area contributed by atoms with Crippen LogP contribution >= 0.6 is 11.6 Å². The van der Waals surface area contributed by atoms with E-state index in [1.54, 1.807) is 6.07 Å². The molecule has 1 aliphatic heterocycles. The molecule has 1 heterocycles. The fourth-order valence-electron chi connectivity index (χ4n) is 2.23. The summed E-state index contributed by atoms with van der Waals surface area (Å²) in [5, 5.41) is 0.572. The number of alkyl halides is 3. The zero-order valence-corrected chi connectivity index (χ0v) is 11.0. The van der Waals surface area contributed by atoms with E-state index in [0.29, 0.717) is 18.1 Å². The van der Waals surface area contributed by atoms with Gasteiger partial charge in [0.1, 0.15) is 5.75 Å². The van der Waals surface area contributed by atoms with E-state index < -0.39 is 18.6 Å². The second kappa shape index (κ2) is 5.59. The number of rotatable bonds is 4. The van der Waals surface area contributed by atoms with Crippen molar-refractivity contribution in [2.24, 2.45) is 5.73 Å². The van der Waals surface area contributed by atoms with Gasteiger partial charge in [0.15, 0.2) is 0 Å². The fourth-order valence-corrected chi connectivity index (χ4v) is 2.49. The van der Waals surface area contributed by atoms with Crippen LogP contribution in [-0.2, 0) is 12.8 Å². The third-order valence-electron chi connectivity index (χ3n) is 3.11. The van der Waals surface area contributed by atoms with Gasteiger partial charge in [0.2, 0.25) is 0 Å². The Morgan fingerprint density at radius 3 is 2.79 bits per heavy atom. The van der Waals surface area contributed by atoms with Crippen molar-refractivity contribution < 1.29 is 17.9 Å². The summed E-state index contributed by atoms with van der Waals surface area (Å²) < 4.78 is 41.9. The smallest absolute Gasteiger partial charge is 0.389 e. The van der Waals surface area contributed by atoms with Crippen molar-refractivity contribution >= 4 is 11.6 Å². The molecule has 0 bridgehead atoms. The highest BCUT2D eigenvalue weighted by Gasteiger charge is 2.28. The summed E-state index contributed by atoms with van der Waals surface area (Å²) in [5.74, 6) is 0.742. The lowest BCUT2D eigenvalue weighted by molar-refractivity contribution is -0.136. The topological polar surface area (TPSA) is 35.2 Å². The standard InChI is InChI=1S/C13H15ClF3NO/c14-10-5-8-2-4-19-12(8)9(6-10)7-11(18)1-3-13(15,16)17/h5-6,11H,1-4,7,18H2.